The molecule has 1 unspecified atom stereocenters. The summed E-state index contributed by atoms with van der Waals surface area (Å²) in [5.41, 5.74) is 6.62. The lowest BCUT2D eigenvalue weighted by molar-refractivity contribution is 0.100. The third-order valence-corrected chi connectivity index (χ3v) is 4.28. The minimum absolute atomic E-state index is 0.0187. The second-order valence-electron chi connectivity index (χ2n) is 5.72. The van der Waals surface area contributed by atoms with Gasteiger partial charge in [0, 0.05) is 24.4 Å². The van der Waals surface area contributed by atoms with E-state index in [4.69, 9.17) is 5.73 Å². The Morgan fingerprint density at radius 2 is 1.92 bits per heavy atom. The summed E-state index contributed by atoms with van der Waals surface area (Å²) in [5, 5.41) is 6.32. The normalized spacial score (nSPS) is 13.4. The fraction of sp³-hybridized carbons (Fsp3) is 0.500. The van der Waals surface area contributed by atoms with Crippen molar-refractivity contribution in [1.82, 2.24) is 10.6 Å². The van der Waals surface area contributed by atoms with Crippen molar-refractivity contribution in [3.8, 4) is 0 Å². The molecule has 0 heterocycles. The monoisotopic (exact) mass is 354 g/mol. The Morgan fingerprint density at radius 3 is 2.42 bits per heavy atom. The number of benzene rings is 1. The molecule has 1 rings (SSSR count). The molecule has 8 heteroatoms. The quantitative estimate of drug-likeness (QED) is 0.469. The molecule has 4 N–H and O–H groups in total. The number of aliphatic imine (C=N–C) groups is 1. The SMILES string of the molecule is CCNC(=NCc1ccc(C(N)=O)cc1)NC(C)CCS(C)(=O)=O. The van der Waals surface area contributed by atoms with Gasteiger partial charge in [-0.3, -0.25) is 4.79 Å². The minimum atomic E-state index is -2.97. The van der Waals surface area contributed by atoms with Gasteiger partial charge in [0.1, 0.15) is 9.84 Å². The second kappa shape index (κ2) is 9.27. The molecule has 1 aromatic rings. The molecule has 0 saturated heterocycles. The molecule has 24 heavy (non-hydrogen) atoms. The summed E-state index contributed by atoms with van der Waals surface area (Å²) < 4.78 is 22.5. The highest BCUT2D eigenvalue weighted by atomic mass is 32.2. The van der Waals surface area contributed by atoms with Crippen molar-refractivity contribution in [3.05, 3.63) is 35.4 Å². The van der Waals surface area contributed by atoms with E-state index in [0.717, 1.165) is 5.56 Å². The number of nitrogens with zero attached hydrogens (tertiary/aromatic N) is 1. The van der Waals surface area contributed by atoms with Crippen LogP contribution >= 0.6 is 0 Å². The maximum Gasteiger partial charge on any atom is 0.248 e. The van der Waals surface area contributed by atoms with E-state index in [-0.39, 0.29) is 11.8 Å². The highest BCUT2D eigenvalue weighted by Gasteiger charge is 2.09. The van der Waals surface area contributed by atoms with E-state index in [0.29, 0.717) is 31.0 Å². The van der Waals surface area contributed by atoms with Gasteiger partial charge < -0.3 is 16.4 Å². The van der Waals surface area contributed by atoms with Crippen molar-refractivity contribution in [1.29, 1.82) is 0 Å². The maximum absolute atomic E-state index is 11.2. The lowest BCUT2D eigenvalue weighted by Crippen LogP contribution is -2.42. The molecule has 0 aliphatic rings. The third kappa shape index (κ3) is 7.96. The van der Waals surface area contributed by atoms with Crippen LogP contribution in [0.1, 0.15) is 36.2 Å². The van der Waals surface area contributed by atoms with Gasteiger partial charge in [-0.2, -0.15) is 0 Å². The Labute approximate surface area is 143 Å². The zero-order valence-electron chi connectivity index (χ0n) is 14.4. The van der Waals surface area contributed by atoms with Gasteiger partial charge >= 0.3 is 0 Å². The number of hydrogen-bond acceptors (Lipinski definition) is 4. The predicted octanol–water partition coefficient (Wildman–Crippen LogP) is 0.664. The molecule has 0 aliphatic heterocycles. The van der Waals surface area contributed by atoms with Gasteiger partial charge in [0.05, 0.1) is 12.3 Å². The first kappa shape index (κ1) is 20.0. The zero-order valence-corrected chi connectivity index (χ0v) is 15.2. The fourth-order valence-electron chi connectivity index (χ4n) is 1.96. The maximum atomic E-state index is 11.2. The van der Waals surface area contributed by atoms with E-state index in [1.807, 2.05) is 13.8 Å². The Hall–Kier alpha value is -2.09. The number of nitrogens with one attached hydrogen (secondary N) is 2. The molecule has 0 spiro atoms. The molecular weight excluding hydrogens is 328 g/mol. The summed E-state index contributed by atoms with van der Waals surface area (Å²) in [6, 6.07) is 6.93. The van der Waals surface area contributed by atoms with Crippen LogP contribution in [0, 0.1) is 0 Å². The first-order chi connectivity index (χ1) is 11.2. The van der Waals surface area contributed by atoms with Crippen LogP contribution in [0.4, 0.5) is 0 Å². The van der Waals surface area contributed by atoms with Crippen molar-refractivity contribution in [2.45, 2.75) is 32.9 Å². The average molecular weight is 354 g/mol. The average Bonchev–Trinajstić information content (AvgIpc) is 2.50. The molecule has 1 aromatic carbocycles. The highest BCUT2D eigenvalue weighted by Crippen LogP contribution is 2.05. The molecule has 1 atom stereocenters. The molecule has 7 nitrogen and oxygen atoms in total. The number of guanidine groups is 1. The number of hydrogen-bond donors (Lipinski definition) is 3. The number of nitrogens with two attached hydrogens (primary N) is 1. The Bertz CT molecular complexity index is 669. The van der Waals surface area contributed by atoms with Crippen LogP contribution in [0.3, 0.4) is 0 Å². The third-order valence-electron chi connectivity index (χ3n) is 3.31. The molecule has 1 amide bonds. The number of carbonyl (C=O) groups is 1. The summed E-state index contributed by atoms with van der Waals surface area (Å²) in [6.45, 7) is 5.01. The number of primary amides is 1. The van der Waals surface area contributed by atoms with Crippen LogP contribution < -0.4 is 16.4 Å². The topological polar surface area (TPSA) is 114 Å². The molecule has 0 fully saturated rings. The molecule has 0 bridgehead atoms. The summed E-state index contributed by atoms with van der Waals surface area (Å²) >= 11 is 0. The van der Waals surface area contributed by atoms with E-state index in [1.54, 1.807) is 24.3 Å². The van der Waals surface area contributed by atoms with Crippen molar-refractivity contribution < 1.29 is 13.2 Å². The lowest BCUT2D eigenvalue weighted by Gasteiger charge is -2.17. The Balaban J connectivity index is 2.65. The van der Waals surface area contributed by atoms with Gasteiger partial charge in [0.2, 0.25) is 5.91 Å². The number of sulfone groups is 1. The molecule has 0 saturated carbocycles. The first-order valence-electron chi connectivity index (χ1n) is 7.82. The van der Waals surface area contributed by atoms with E-state index >= 15 is 0 Å². The van der Waals surface area contributed by atoms with Crippen LogP contribution in [0.15, 0.2) is 29.3 Å². The largest absolute Gasteiger partial charge is 0.366 e. The molecule has 0 aromatic heterocycles. The van der Waals surface area contributed by atoms with E-state index in [1.165, 1.54) is 6.26 Å². The van der Waals surface area contributed by atoms with E-state index < -0.39 is 15.7 Å². The van der Waals surface area contributed by atoms with Crippen LogP contribution in [-0.2, 0) is 16.4 Å². The minimum Gasteiger partial charge on any atom is -0.366 e. The number of amides is 1. The predicted molar refractivity (Wildman–Crippen MR) is 96.7 cm³/mol. The van der Waals surface area contributed by atoms with Crippen molar-refractivity contribution >= 4 is 21.7 Å². The van der Waals surface area contributed by atoms with Crippen molar-refractivity contribution in [3.63, 3.8) is 0 Å². The van der Waals surface area contributed by atoms with E-state index in [9.17, 15) is 13.2 Å². The van der Waals surface area contributed by atoms with Gasteiger partial charge in [-0.15, -0.1) is 0 Å². The summed E-state index contributed by atoms with van der Waals surface area (Å²) in [4.78, 5) is 15.5. The lowest BCUT2D eigenvalue weighted by atomic mass is 10.1. The van der Waals surface area contributed by atoms with E-state index in [2.05, 4.69) is 15.6 Å². The van der Waals surface area contributed by atoms with Gasteiger partial charge in [0.15, 0.2) is 5.96 Å². The van der Waals surface area contributed by atoms with Crippen molar-refractivity contribution in [2.75, 3.05) is 18.6 Å². The summed E-state index contributed by atoms with van der Waals surface area (Å²) in [6.07, 6.45) is 1.74. The Kier molecular flexibility index (Phi) is 7.70. The number of carbonyl (C=O) groups excluding carboxylic acids is 1. The zero-order chi connectivity index (χ0) is 18.2. The van der Waals surface area contributed by atoms with Gasteiger partial charge in [-0.25, -0.2) is 13.4 Å². The van der Waals surface area contributed by atoms with Crippen LogP contribution in [0.2, 0.25) is 0 Å². The first-order valence-corrected chi connectivity index (χ1v) is 9.88. The van der Waals surface area contributed by atoms with Crippen molar-refractivity contribution in [2.24, 2.45) is 10.7 Å². The standard InChI is InChI=1S/C16H26N4O3S/c1-4-18-16(20-12(2)9-10-24(3,22)23)19-11-13-5-7-14(8-6-13)15(17)21/h5-8,12H,4,9-11H2,1-3H3,(H2,17,21)(H2,18,19,20). The van der Waals surface area contributed by atoms with Gasteiger partial charge in [0.25, 0.3) is 0 Å². The molecule has 0 radical (unpaired) electrons. The van der Waals surface area contributed by atoms with Gasteiger partial charge in [-0.1, -0.05) is 12.1 Å². The smallest absolute Gasteiger partial charge is 0.248 e. The Morgan fingerprint density at radius 1 is 1.29 bits per heavy atom. The molecule has 0 aliphatic carbocycles. The summed E-state index contributed by atoms with van der Waals surface area (Å²) in [7, 11) is -2.97. The summed E-state index contributed by atoms with van der Waals surface area (Å²) in [5.74, 6) is 0.298. The molecule has 134 valence electrons. The fourth-order valence-corrected chi connectivity index (χ4v) is 2.74. The van der Waals surface area contributed by atoms with Crippen LogP contribution in [0.5, 0.6) is 0 Å². The number of rotatable bonds is 8. The highest BCUT2D eigenvalue weighted by molar-refractivity contribution is 7.90. The van der Waals surface area contributed by atoms with Crippen LogP contribution in [-0.4, -0.2) is 44.9 Å². The van der Waals surface area contributed by atoms with Crippen LogP contribution in [0.25, 0.3) is 0 Å². The second-order valence-corrected chi connectivity index (χ2v) is 7.98. The molecular formula is C16H26N4O3S. The van der Waals surface area contributed by atoms with Gasteiger partial charge in [-0.05, 0) is 38.0 Å².